The van der Waals surface area contributed by atoms with Crippen LogP contribution >= 0.6 is 11.6 Å². The normalized spacial score (nSPS) is 18.0. The average molecular weight is 337 g/mol. The molecule has 1 atom stereocenters. The van der Waals surface area contributed by atoms with E-state index in [1.54, 1.807) is 4.68 Å². The van der Waals surface area contributed by atoms with Gasteiger partial charge in [-0.25, -0.2) is 4.98 Å². The van der Waals surface area contributed by atoms with Crippen molar-refractivity contribution in [3.8, 4) is 0 Å². The van der Waals surface area contributed by atoms with E-state index < -0.39 is 4.92 Å². The molecule has 1 aliphatic rings. The number of nitrogens with zero attached hydrogens (tertiary/aromatic N) is 5. The Morgan fingerprint density at radius 1 is 1.48 bits per heavy atom. The molecule has 8 nitrogen and oxygen atoms in total. The topological polar surface area (TPSA) is 89.1 Å². The number of aryl methyl sites for hydroxylation is 1. The Kier molecular flexibility index (Phi) is 4.33. The van der Waals surface area contributed by atoms with Gasteiger partial charge in [-0.05, 0) is 12.8 Å². The molecule has 1 fully saturated rings. The maximum absolute atomic E-state index is 10.7. The van der Waals surface area contributed by atoms with E-state index in [1.807, 2.05) is 19.4 Å². The zero-order valence-electron chi connectivity index (χ0n) is 12.6. The summed E-state index contributed by atoms with van der Waals surface area (Å²) in [5, 5.41) is 18.5. The Bertz CT molecular complexity index is 719. The van der Waals surface area contributed by atoms with E-state index in [-0.39, 0.29) is 16.8 Å². The van der Waals surface area contributed by atoms with Crippen LogP contribution in [0.4, 0.5) is 17.2 Å². The van der Waals surface area contributed by atoms with Gasteiger partial charge in [0.15, 0.2) is 0 Å². The molecule has 2 aromatic heterocycles. The fourth-order valence-corrected chi connectivity index (χ4v) is 2.94. The van der Waals surface area contributed by atoms with E-state index in [9.17, 15) is 10.1 Å². The van der Waals surface area contributed by atoms with Gasteiger partial charge < -0.3 is 10.2 Å². The molecule has 0 radical (unpaired) electrons. The van der Waals surface area contributed by atoms with Crippen LogP contribution in [0.25, 0.3) is 0 Å². The average Bonchev–Trinajstić information content (AvgIpc) is 2.96. The molecule has 9 heteroatoms. The summed E-state index contributed by atoms with van der Waals surface area (Å²) in [6.45, 7) is 1.78. The van der Waals surface area contributed by atoms with Crippen molar-refractivity contribution in [3.63, 3.8) is 0 Å². The van der Waals surface area contributed by atoms with Gasteiger partial charge in [0.2, 0.25) is 0 Å². The molecule has 1 N–H and O–H groups in total. The van der Waals surface area contributed by atoms with Crippen LogP contribution in [0.5, 0.6) is 0 Å². The summed E-state index contributed by atoms with van der Waals surface area (Å²) < 4.78 is 1.78. The predicted octanol–water partition coefficient (Wildman–Crippen LogP) is 2.46. The molecule has 122 valence electrons. The molecule has 2 aromatic rings. The Labute approximate surface area is 138 Å². The molecular weight excluding hydrogens is 320 g/mol. The minimum Gasteiger partial charge on any atom is -0.367 e. The lowest BCUT2D eigenvalue weighted by Gasteiger charge is -2.34. The second-order valence-corrected chi connectivity index (χ2v) is 5.99. The highest BCUT2D eigenvalue weighted by atomic mass is 35.5. The Hall–Kier alpha value is -2.35. The third kappa shape index (κ3) is 3.53. The minimum absolute atomic E-state index is 0.110. The lowest BCUT2D eigenvalue weighted by molar-refractivity contribution is -0.385. The number of rotatable bonds is 4. The molecule has 3 rings (SSSR count). The fraction of sp³-hybridized carbons (Fsp3) is 0.429. The largest absolute Gasteiger partial charge is 0.367 e. The van der Waals surface area contributed by atoms with Gasteiger partial charge in [-0.3, -0.25) is 14.8 Å². The summed E-state index contributed by atoms with van der Waals surface area (Å²) in [6, 6.07) is 1.49. The minimum atomic E-state index is -0.507. The Morgan fingerprint density at radius 2 is 2.30 bits per heavy atom. The summed E-state index contributed by atoms with van der Waals surface area (Å²) >= 11 is 6.09. The lowest BCUT2D eigenvalue weighted by atomic mass is 10.1. The number of halogens is 1. The first-order valence-electron chi connectivity index (χ1n) is 7.33. The van der Waals surface area contributed by atoms with Crippen molar-refractivity contribution < 1.29 is 4.92 Å². The second kappa shape index (κ2) is 6.41. The molecule has 0 aliphatic carbocycles. The molecule has 0 unspecified atom stereocenters. The highest BCUT2D eigenvalue weighted by molar-refractivity contribution is 6.33. The third-order valence-electron chi connectivity index (χ3n) is 3.86. The maximum Gasteiger partial charge on any atom is 0.289 e. The van der Waals surface area contributed by atoms with E-state index >= 15 is 0 Å². The van der Waals surface area contributed by atoms with E-state index in [0.717, 1.165) is 31.6 Å². The van der Waals surface area contributed by atoms with Crippen molar-refractivity contribution in [1.82, 2.24) is 14.8 Å². The maximum atomic E-state index is 10.7. The second-order valence-electron chi connectivity index (χ2n) is 5.58. The zero-order valence-corrected chi connectivity index (χ0v) is 13.4. The van der Waals surface area contributed by atoms with Crippen molar-refractivity contribution in [1.29, 1.82) is 0 Å². The highest BCUT2D eigenvalue weighted by Crippen LogP contribution is 2.26. The van der Waals surface area contributed by atoms with E-state index in [0.29, 0.717) is 5.82 Å². The molecule has 0 aromatic carbocycles. The lowest BCUT2D eigenvalue weighted by Crippen LogP contribution is -2.42. The van der Waals surface area contributed by atoms with E-state index in [1.165, 1.54) is 12.3 Å². The summed E-state index contributed by atoms with van der Waals surface area (Å²) in [5.74, 6) is 0.482. The molecule has 0 bridgehead atoms. The Morgan fingerprint density at radius 3 is 2.96 bits per heavy atom. The van der Waals surface area contributed by atoms with Crippen LogP contribution in [-0.4, -0.2) is 38.8 Å². The molecule has 1 saturated heterocycles. The number of hydrogen-bond acceptors (Lipinski definition) is 6. The number of nitro groups is 1. The van der Waals surface area contributed by atoms with Crippen LogP contribution in [-0.2, 0) is 7.05 Å². The van der Waals surface area contributed by atoms with Crippen LogP contribution in [0.2, 0.25) is 5.02 Å². The van der Waals surface area contributed by atoms with Gasteiger partial charge in [-0.15, -0.1) is 0 Å². The zero-order chi connectivity index (χ0) is 16.4. The van der Waals surface area contributed by atoms with Crippen LogP contribution in [0, 0.1) is 10.1 Å². The van der Waals surface area contributed by atoms with Gasteiger partial charge in [0.25, 0.3) is 5.69 Å². The monoisotopic (exact) mass is 336 g/mol. The van der Waals surface area contributed by atoms with E-state index in [2.05, 4.69) is 20.3 Å². The first-order chi connectivity index (χ1) is 11.0. The van der Waals surface area contributed by atoms with Gasteiger partial charge in [-0.1, -0.05) is 11.6 Å². The first kappa shape index (κ1) is 15.5. The quantitative estimate of drug-likeness (QED) is 0.681. The number of pyridine rings is 1. The predicted molar refractivity (Wildman–Crippen MR) is 88.0 cm³/mol. The summed E-state index contributed by atoms with van der Waals surface area (Å²) in [5.41, 5.74) is 0.975. The van der Waals surface area contributed by atoms with Crippen molar-refractivity contribution >= 4 is 28.8 Å². The van der Waals surface area contributed by atoms with Crippen LogP contribution in [0.15, 0.2) is 24.7 Å². The number of hydrogen-bond donors (Lipinski definition) is 1. The smallest absolute Gasteiger partial charge is 0.289 e. The standard InChI is InChI=1S/C14H17ClN6O2/c1-19-9-12(7-17-19)20-4-2-3-10(8-20)18-14-13(15)5-11(6-16-14)21(22)23/h5-7,9-10H,2-4,8H2,1H3,(H,16,18)/t10-/m0/s1. The molecular formula is C14H17ClN6O2. The number of piperidine rings is 1. The van der Waals surface area contributed by atoms with E-state index in [4.69, 9.17) is 11.6 Å². The van der Waals surface area contributed by atoms with Gasteiger partial charge in [0.1, 0.15) is 12.0 Å². The molecule has 23 heavy (non-hydrogen) atoms. The number of nitrogens with one attached hydrogen (secondary N) is 1. The number of aromatic nitrogens is 3. The van der Waals surface area contributed by atoms with Gasteiger partial charge >= 0.3 is 0 Å². The molecule has 0 amide bonds. The van der Waals surface area contributed by atoms with Crippen molar-refractivity contribution in [2.24, 2.45) is 7.05 Å². The van der Waals surface area contributed by atoms with Crippen molar-refractivity contribution in [3.05, 3.63) is 39.8 Å². The summed E-state index contributed by atoms with van der Waals surface area (Å²) in [6.07, 6.45) is 7.08. The van der Waals surface area contributed by atoms with Crippen molar-refractivity contribution in [2.75, 3.05) is 23.3 Å². The summed E-state index contributed by atoms with van der Waals surface area (Å²) in [7, 11) is 1.89. The molecule has 0 spiro atoms. The summed E-state index contributed by atoms with van der Waals surface area (Å²) in [4.78, 5) is 16.6. The van der Waals surface area contributed by atoms with Crippen LogP contribution in [0.3, 0.4) is 0 Å². The number of anilines is 2. The molecule has 3 heterocycles. The first-order valence-corrected chi connectivity index (χ1v) is 7.71. The third-order valence-corrected chi connectivity index (χ3v) is 4.14. The Balaban J connectivity index is 1.69. The SMILES string of the molecule is Cn1cc(N2CCC[C@H](Nc3ncc([N+](=O)[O-])cc3Cl)C2)cn1. The van der Waals surface area contributed by atoms with Crippen LogP contribution in [0.1, 0.15) is 12.8 Å². The van der Waals surface area contributed by atoms with Crippen LogP contribution < -0.4 is 10.2 Å². The van der Waals surface area contributed by atoms with Gasteiger partial charge in [0, 0.05) is 38.4 Å². The van der Waals surface area contributed by atoms with Crippen molar-refractivity contribution in [2.45, 2.75) is 18.9 Å². The molecule has 0 saturated carbocycles. The van der Waals surface area contributed by atoms with Gasteiger partial charge in [-0.2, -0.15) is 5.10 Å². The fourth-order valence-electron chi connectivity index (χ4n) is 2.73. The highest BCUT2D eigenvalue weighted by Gasteiger charge is 2.22. The molecule has 1 aliphatic heterocycles. The van der Waals surface area contributed by atoms with Gasteiger partial charge in [0.05, 0.1) is 21.8 Å².